The summed E-state index contributed by atoms with van der Waals surface area (Å²) < 4.78 is 0. The van der Waals surface area contributed by atoms with Crippen molar-refractivity contribution in [1.29, 1.82) is 0 Å². The van der Waals surface area contributed by atoms with Gasteiger partial charge in [0.05, 0.1) is 0 Å². The van der Waals surface area contributed by atoms with Gasteiger partial charge in [-0.05, 0) is 19.8 Å². The predicted octanol–water partition coefficient (Wildman–Crippen LogP) is 1.22. The Hall–Kier alpha value is -1.32. The van der Waals surface area contributed by atoms with Gasteiger partial charge in [0.25, 0.3) is 0 Å². The topological polar surface area (TPSA) is 49.4 Å². The molecule has 0 aromatic heterocycles. The Morgan fingerprint density at radius 1 is 1.35 bits per heavy atom. The van der Waals surface area contributed by atoms with E-state index in [2.05, 4.69) is 5.32 Å². The maximum atomic E-state index is 12.5. The number of nitrogens with zero attached hydrogens (tertiary/aromatic N) is 1. The van der Waals surface area contributed by atoms with E-state index in [0.29, 0.717) is 19.5 Å². The SMILES string of the molecule is C/C=C/CN1CCC(=O)NC2(CCCC2)C1=O. The first-order chi connectivity index (χ1) is 8.18. The minimum Gasteiger partial charge on any atom is -0.342 e. The Kier molecular flexibility index (Phi) is 3.50. The molecule has 0 bridgehead atoms. The molecule has 0 unspecified atom stereocenters. The second-order valence-electron chi connectivity index (χ2n) is 4.91. The first-order valence-electron chi connectivity index (χ1n) is 6.39. The lowest BCUT2D eigenvalue weighted by atomic mass is 9.96. The number of nitrogens with one attached hydrogen (secondary N) is 1. The molecular weight excluding hydrogens is 216 g/mol. The van der Waals surface area contributed by atoms with E-state index in [1.54, 1.807) is 0 Å². The molecule has 2 fully saturated rings. The molecular formula is C13H20N2O2. The molecule has 2 rings (SSSR count). The Labute approximate surface area is 102 Å². The van der Waals surface area contributed by atoms with E-state index < -0.39 is 5.54 Å². The maximum absolute atomic E-state index is 12.5. The molecule has 2 aliphatic rings. The van der Waals surface area contributed by atoms with Crippen molar-refractivity contribution in [3.63, 3.8) is 0 Å². The van der Waals surface area contributed by atoms with Gasteiger partial charge in [0.2, 0.25) is 11.8 Å². The van der Waals surface area contributed by atoms with Crippen LogP contribution in [0.25, 0.3) is 0 Å². The van der Waals surface area contributed by atoms with Crippen molar-refractivity contribution in [3.05, 3.63) is 12.2 Å². The van der Waals surface area contributed by atoms with Crippen LogP contribution in [0.4, 0.5) is 0 Å². The number of rotatable bonds is 2. The van der Waals surface area contributed by atoms with Crippen molar-refractivity contribution < 1.29 is 9.59 Å². The quantitative estimate of drug-likeness (QED) is 0.733. The first-order valence-corrected chi connectivity index (χ1v) is 6.39. The standard InChI is InChI=1S/C13H20N2O2/c1-2-3-9-15-10-6-11(16)14-13(12(15)17)7-4-5-8-13/h2-3H,4-10H2,1H3,(H,14,16)/b3-2+. The summed E-state index contributed by atoms with van der Waals surface area (Å²) >= 11 is 0. The molecule has 2 amide bonds. The predicted molar refractivity (Wildman–Crippen MR) is 65.4 cm³/mol. The molecule has 1 saturated carbocycles. The van der Waals surface area contributed by atoms with Gasteiger partial charge in [-0.15, -0.1) is 0 Å². The molecule has 1 spiro atoms. The van der Waals surface area contributed by atoms with Gasteiger partial charge < -0.3 is 10.2 Å². The van der Waals surface area contributed by atoms with Crippen LogP contribution in [-0.4, -0.2) is 35.3 Å². The van der Waals surface area contributed by atoms with Crippen molar-refractivity contribution in [3.8, 4) is 0 Å². The van der Waals surface area contributed by atoms with E-state index >= 15 is 0 Å². The van der Waals surface area contributed by atoms with Gasteiger partial charge in [-0.25, -0.2) is 0 Å². The molecule has 4 heteroatoms. The zero-order valence-corrected chi connectivity index (χ0v) is 10.4. The zero-order valence-electron chi connectivity index (χ0n) is 10.4. The van der Waals surface area contributed by atoms with Crippen LogP contribution in [0.3, 0.4) is 0 Å². The first kappa shape index (κ1) is 12.1. The van der Waals surface area contributed by atoms with Crippen molar-refractivity contribution in [2.24, 2.45) is 0 Å². The summed E-state index contributed by atoms with van der Waals surface area (Å²) in [5, 5.41) is 2.96. The number of hydrogen-bond donors (Lipinski definition) is 1. The average molecular weight is 236 g/mol. The molecule has 0 radical (unpaired) electrons. The maximum Gasteiger partial charge on any atom is 0.248 e. The third-order valence-electron chi connectivity index (χ3n) is 3.70. The van der Waals surface area contributed by atoms with E-state index in [-0.39, 0.29) is 11.8 Å². The van der Waals surface area contributed by atoms with Crippen molar-refractivity contribution >= 4 is 11.8 Å². The molecule has 17 heavy (non-hydrogen) atoms. The van der Waals surface area contributed by atoms with Crippen molar-refractivity contribution in [2.75, 3.05) is 13.1 Å². The van der Waals surface area contributed by atoms with Gasteiger partial charge >= 0.3 is 0 Å². The Balaban J connectivity index is 2.19. The van der Waals surface area contributed by atoms with E-state index in [0.717, 1.165) is 25.7 Å². The summed E-state index contributed by atoms with van der Waals surface area (Å²) in [7, 11) is 0. The van der Waals surface area contributed by atoms with Crippen LogP contribution in [-0.2, 0) is 9.59 Å². The van der Waals surface area contributed by atoms with Crippen LogP contribution in [0.15, 0.2) is 12.2 Å². The Morgan fingerprint density at radius 2 is 2.06 bits per heavy atom. The zero-order chi connectivity index (χ0) is 12.3. The largest absolute Gasteiger partial charge is 0.342 e. The third kappa shape index (κ3) is 2.35. The summed E-state index contributed by atoms with van der Waals surface area (Å²) in [6.07, 6.45) is 7.98. The Morgan fingerprint density at radius 3 is 2.71 bits per heavy atom. The van der Waals surface area contributed by atoms with E-state index in [1.807, 2.05) is 24.0 Å². The van der Waals surface area contributed by atoms with Gasteiger partial charge in [0, 0.05) is 19.5 Å². The molecule has 0 aromatic carbocycles. The van der Waals surface area contributed by atoms with Crippen LogP contribution in [0, 0.1) is 0 Å². The van der Waals surface area contributed by atoms with E-state index in [1.165, 1.54) is 0 Å². The summed E-state index contributed by atoms with van der Waals surface area (Å²) in [5.41, 5.74) is -0.588. The number of carbonyl (C=O) groups is 2. The van der Waals surface area contributed by atoms with Crippen LogP contribution >= 0.6 is 0 Å². The van der Waals surface area contributed by atoms with Crippen LogP contribution in [0.1, 0.15) is 39.0 Å². The summed E-state index contributed by atoms with van der Waals surface area (Å²) in [6.45, 7) is 3.10. The lowest BCUT2D eigenvalue weighted by Crippen LogP contribution is -2.55. The summed E-state index contributed by atoms with van der Waals surface area (Å²) in [5.74, 6) is 0.127. The molecule has 1 heterocycles. The molecule has 94 valence electrons. The molecule has 1 saturated heterocycles. The fourth-order valence-electron chi connectivity index (χ4n) is 2.75. The normalized spacial score (nSPS) is 24.4. The van der Waals surface area contributed by atoms with Gasteiger partial charge in [-0.1, -0.05) is 25.0 Å². The average Bonchev–Trinajstić information content (AvgIpc) is 2.73. The van der Waals surface area contributed by atoms with Crippen molar-refractivity contribution in [2.45, 2.75) is 44.6 Å². The highest BCUT2D eigenvalue weighted by molar-refractivity contribution is 5.93. The molecule has 0 aromatic rings. The van der Waals surface area contributed by atoms with Gasteiger partial charge in [-0.3, -0.25) is 9.59 Å². The lowest BCUT2D eigenvalue weighted by Gasteiger charge is -2.31. The number of amides is 2. The second-order valence-corrected chi connectivity index (χ2v) is 4.91. The highest BCUT2D eigenvalue weighted by atomic mass is 16.2. The van der Waals surface area contributed by atoms with Crippen molar-refractivity contribution in [1.82, 2.24) is 10.2 Å². The second kappa shape index (κ2) is 4.90. The fourth-order valence-corrected chi connectivity index (χ4v) is 2.75. The molecule has 1 aliphatic carbocycles. The fraction of sp³-hybridized carbons (Fsp3) is 0.692. The van der Waals surface area contributed by atoms with Gasteiger partial charge in [-0.2, -0.15) is 0 Å². The number of carbonyl (C=O) groups excluding carboxylic acids is 2. The summed E-state index contributed by atoms with van der Waals surface area (Å²) in [6, 6.07) is 0. The number of hydrogen-bond acceptors (Lipinski definition) is 2. The molecule has 4 nitrogen and oxygen atoms in total. The molecule has 0 atom stereocenters. The smallest absolute Gasteiger partial charge is 0.248 e. The monoisotopic (exact) mass is 236 g/mol. The highest BCUT2D eigenvalue weighted by Crippen LogP contribution is 2.32. The molecule has 1 aliphatic heterocycles. The number of allylic oxidation sites excluding steroid dienone is 1. The molecule has 1 N–H and O–H groups in total. The minimum absolute atomic E-state index is 0.0169. The van der Waals surface area contributed by atoms with Gasteiger partial charge in [0.15, 0.2) is 0 Å². The Bertz CT molecular complexity index is 343. The van der Waals surface area contributed by atoms with Crippen LogP contribution in [0.2, 0.25) is 0 Å². The van der Waals surface area contributed by atoms with Gasteiger partial charge in [0.1, 0.15) is 5.54 Å². The minimum atomic E-state index is -0.588. The van der Waals surface area contributed by atoms with Crippen LogP contribution in [0.5, 0.6) is 0 Å². The van der Waals surface area contributed by atoms with Crippen LogP contribution < -0.4 is 5.32 Å². The van der Waals surface area contributed by atoms with E-state index in [4.69, 9.17) is 0 Å². The lowest BCUT2D eigenvalue weighted by molar-refractivity contribution is -0.138. The summed E-state index contributed by atoms with van der Waals surface area (Å²) in [4.78, 5) is 26.0. The third-order valence-corrected chi connectivity index (χ3v) is 3.70. The van der Waals surface area contributed by atoms with E-state index in [9.17, 15) is 9.59 Å². The highest BCUT2D eigenvalue weighted by Gasteiger charge is 2.45.